The highest BCUT2D eigenvalue weighted by atomic mass is 32.1. The molecule has 0 aromatic carbocycles. The minimum absolute atomic E-state index is 0.465. The van der Waals surface area contributed by atoms with Crippen molar-refractivity contribution in [3.05, 3.63) is 46.5 Å². The number of thiophene rings is 1. The molecule has 0 fully saturated rings. The lowest BCUT2D eigenvalue weighted by Gasteiger charge is -1.91. The Labute approximate surface area is 89.8 Å². The first-order chi connectivity index (χ1) is 7.36. The van der Waals surface area contributed by atoms with Gasteiger partial charge in [0.15, 0.2) is 0 Å². The fraction of sp³-hybridized carbons (Fsp3) is 0. The zero-order valence-corrected chi connectivity index (χ0v) is 8.44. The molecule has 0 bridgehead atoms. The number of hydrogen-bond acceptors (Lipinski definition) is 5. The fourth-order valence-electron chi connectivity index (χ4n) is 0.931. The highest BCUT2D eigenvalue weighted by molar-refractivity contribution is 7.11. The van der Waals surface area contributed by atoms with Crippen LogP contribution in [0.15, 0.2) is 45.5 Å². The molecule has 0 aliphatic heterocycles. The molecule has 0 amide bonds. The van der Waals surface area contributed by atoms with Crippen molar-refractivity contribution in [2.24, 2.45) is 5.16 Å². The summed E-state index contributed by atoms with van der Waals surface area (Å²) in [4.78, 5) is 16.4. The molecule has 2 aromatic rings. The largest absolute Gasteiger partial charge is 0.463 e. The predicted octanol–water partition coefficient (Wildman–Crippen LogP) is 2.53. The third-order valence-electron chi connectivity index (χ3n) is 1.58. The van der Waals surface area contributed by atoms with E-state index in [1.54, 1.807) is 29.6 Å². The monoisotopic (exact) mass is 221 g/mol. The Bertz CT molecular complexity index is 445. The van der Waals surface area contributed by atoms with E-state index in [-0.39, 0.29) is 0 Å². The van der Waals surface area contributed by atoms with E-state index in [4.69, 9.17) is 4.42 Å². The van der Waals surface area contributed by atoms with Gasteiger partial charge in [-0.3, -0.25) is 0 Å². The maximum Gasteiger partial charge on any atom is 0.375 e. The molecule has 0 radical (unpaired) electrons. The second kappa shape index (κ2) is 4.56. The molecule has 0 aliphatic rings. The standard InChI is InChI=1S/C10H7NO3S/c12-10(9-4-2-6-15-9)14-11-7-8-3-1-5-13-8/h1-7H/b11-7+. The van der Waals surface area contributed by atoms with Crippen LogP contribution in [0.2, 0.25) is 0 Å². The average molecular weight is 221 g/mol. The summed E-state index contributed by atoms with van der Waals surface area (Å²) in [5, 5.41) is 5.31. The number of oxime groups is 1. The van der Waals surface area contributed by atoms with E-state index in [1.165, 1.54) is 23.8 Å². The number of carbonyl (C=O) groups is 1. The Morgan fingerprint density at radius 2 is 2.40 bits per heavy atom. The zero-order chi connectivity index (χ0) is 10.5. The van der Waals surface area contributed by atoms with Gasteiger partial charge >= 0.3 is 5.97 Å². The smallest absolute Gasteiger partial charge is 0.375 e. The second-order valence-corrected chi connectivity index (χ2v) is 3.55. The van der Waals surface area contributed by atoms with Crippen molar-refractivity contribution >= 4 is 23.5 Å². The maximum absolute atomic E-state index is 11.3. The third kappa shape index (κ3) is 2.54. The Morgan fingerprint density at radius 1 is 1.47 bits per heavy atom. The van der Waals surface area contributed by atoms with Gasteiger partial charge in [0.1, 0.15) is 16.9 Å². The van der Waals surface area contributed by atoms with E-state index in [0.29, 0.717) is 10.6 Å². The van der Waals surface area contributed by atoms with Crippen LogP contribution in [-0.2, 0) is 4.84 Å². The summed E-state index contributed by atoms with van der Waals surface area (Å²) in [6.45, 7) is 0. The SMILES string of the molecule is O=C(O/N=C/c1ccco1)c1cccs1. The summed E-state index contributed by atoms with van der Waals surface area (Å²) >= 11 is 1.31. The Balaban J connectivity index is 1.91. The van der Waals surface area contributed by atoms with Gasteiger partial charge in [-0.25, -0.2) is 4.79 Å². The zero-order valence-electron chi connectivity index (χ0n) is 7.62. The van der Waals surface area contributed by atoms with Crippen molar-refractivity contribution in [3.8, 4) is 0 Å². The lowest BCUT2D eigenvalue weighted by molar-refractivity contribution is 0.0524. The van der Waals surface area contributed by atoms with Gasteiger partial charge in [-0.15, -0.1) is 11.3 Å². The van der Waals surface area contributed by atoms with E-state index < -0.39 is 5.97 Å². The van der Waals surface area contributed by atoms with Crippen LogP contribution in [0.25, 0.3) is 0 Å². The number of nitrogens with zero attached hydrogens (tertiary/aromatic N) is 1. The molecule has 2 aromatic heterocycles. The van der Waals surface area contributed by atoms with Gasteiger partial charge in [0.2, 0.25) is 0 Å². The van der Waals surface area contributed by atoms with Gasteiger partial charge in [-0.1, -0.05) is 11.2 Å². The topological polar surface area (TPSA) is 51.8 Å². The molecule has 0 atom stereocenters. The van der Waals surface area contributed by atoms with Crippen molar-refractivity contribution in [1.29, 1.82) is 0 Å². The van der Waals surface area contributed by atoms with Crippen LogP contribution < -0.4 is 0 Å². The normalized spacial score (nSPS) is 10.7. The van der Waals surface area contributed by atoms with Gasteiger partial charge < -0.3 is 9.25 Å². The molecule has 0 spiro atoms. The van der Waals surface area contributed by atoms with Crippen LogP contribution in [-0.4, -0.2) is 12.2 Å². The molecule has 0 saturated heterocycles. The molecule has 76 valence electrons. The van der Waals surface area contributed by atoms with Gasteiger partial charge in [0.05, 0.1) is 6.26 Å². The van der Waals surface area contributed by atoms with E-state index in [9.17, 15) is 4.79 Å². The van der Waals surface area contributed by atoms with Crippen molar-refractivity contribution in [2.75, 3.05) is 0 Å². The average Bonchev–Trinajstić information content (AvgIpc) is 2.90. The quantitative estimate of drug-likeness (QED) is 0.454. The molecule has 0 aliphatic carbocycles. The van der Waals surface area contributed by atoms with Crippen molar-refractivity contribution < 1.29 is 14.0 Å². The minimum Gasteiger partial charge on any atom is -0.463 e. The number of hydrogen-bond donors (Lipinski definition) is 0. The molecule has 0 N–H and O–H groups in total. The molecule has 2 heterocycles. The van der Waals surface area contributed by atoms with Gasteiger partial charge in [-0.05, 0) is 23.6 Å². The predicted molar refractivity (Wildman–Crippen MR) is 56.0 cm³/mol. The van der Waals surface area contributed by atoms with Crippen LogP contribution in [0.4, 0.5) is 0 Å². The molecule has 0 unspecified atom stereocenters. The number of carbonyl (C=O) groups excluding carboxylic acids is 1. The Morgan fingerprint density at radius 3 is 3.07 bits per heavy atom. The number of rotatable bonds is 3. The van der Waals surface area contributed by atoms with E-state index >= 15 is 0 Å². The minimum atomic E-state index is -0.465. The lowest BCUT2D eigenvalue weighted by atomic mass is 10.5. The first kappa shape index (κ1) is 9.67. The van der Waals surface area contributed by atoms with Gasteiger partial charge in [0.25, 0.3) is 0 Å². The number of furan rings is 1. The first-order valence-electron chi connectivity index (χ1n) is 4.18. The van der Waals surface area contributed by atoms with Crippen LogP contribution in [0.1, 0.15) is 15.4 Å². The summed E-state index contributed by atoms with van der Waals surface area (Å²) in [6, 6.07) is 6.89. The Hall–Kier alpha value is -1.88. The summed E-state index contributed by atoms with van der Waals surface area (Å²) < 4.78 is 4.97. The summed E-state index contributed by atoms with van der Waals surface area (Å²) in [6.07, 6.45) is 2.86. The molecule has 5 heteroatoms. The van der Waals surface area contributed by atoms with Crippen LogP contribution >= 0.6 is 11.3 Å². The van der Waals surface area contributed by atoms with E-state index in [1.807, 2.05) is 0 Å². The molecular formula is C10H7NO3S. The van der Waals surface area contributed by atoms with Crippen molar-refractivity contribution in [2.45, 2.75) is 0 Å². The first-order valence-corrected chi connectivity index (χ1v) is 5.06. The summed E-state index contributed by atoms with van der Waals surface area (Å²) in [5.74, 6) is 0.0711. The van der Waals surface area contributed by atoms with Crippen LogP contribution in [0.5, 0.6) is 0 Å². The van der Waals surface area contributed by atoms with E-state index in [2.05, 4.69) is 9.99 Å². The summed E-state index contributed by atoms with van der Waals surface area (Å²) in [5.41, 5.74) is 0. The maximum atomic E-state index is 11.3. The van der Waals surface area contributed by atoms with Crippen LogP contribution in [0.3, 0.4) is 0 Å². The lowest BCUT2D eigenvalue weighted by Crippen LogP contribution is -1.97. The highest BCUT2D eigenvalue weighted by Gasteiger charge is 2.06. The molecule has 2 rings (SSSR count). The Kier molecular flexibility index (Phi) is 2.94. The van der Waals surface area contributed by atoms with Crippen LogP contribution in [0, 0.1) is 0 Å². The van der Waals surface area contributed by atoms with Gasteiger partial charge in [0, 0.05) is 0 Å². The molecular weight excluding hydrogens is 214 g/mol. The second-order valence-electron chi connectivity index (χ2n) is 2.61. The molecule has 4 nitrogen and oxygen atoms in total. The third-order valence-corrected chi connectivity index (χ3v) is 2.43. The molecule has 15 heavy (non-hydrogen) atoms. The molecule has 0 saturated carbocycles. The van der Waals surface area contributed by atoms with E-state index in [0.717, 1.165) is 0 Å². The van der Waals surface area contributed by atoms with Gasteiger partial charge in [-0.2, -0.15) is 0 Å². The fourth-order valence-corrected chi connectivity index (χ4v) is 1.52. The highest BCUT2D eigenvalue weighted by Crippen LogP contribution is 2.09. The van der Waals surface area contributed by atoms with Crippen molar-refractivity contribution in [3.63, 3.8) is 0 Å². The summed E-state index contributed by atoms with van der Waals surface area (Å²) in [7, 11) is 0. The van der Waals surface area contributed by atoms with Crippen molar-refractivity contribution in [1.82, 2.24) is 0 Å².